The summed E-state index contributed by atoms with van der Waals surface area (Å²) in [6.07, 6.45) is -3.70. The maximum atomic E-state index is 13.9. The summed E-state index contributed by atoms with van der Waals surface area (Å²) in [5.74, 6) is -0.673. The van der Waals surface area contributed by atoms with Crippen molar-refractivity contribution in [2.24, 2.45) is 0 Å². The fourth-order valence-corrected chi connectivity index (χ4v) is 5.57. The summed E-state index contributed by atoms with van der Waals surface area (Å²) >= 11 is 0. The topological polar surface area (TPSA) is 85.0 Å². The van der Waals surface area contributed by atoms with Gasteiger partial charge in [0.25, 0.3) is 5.91 Å². The van der Waals surface area contributed by atoms with Crippen LogP contribution in [-0.2, 0) is 28.9 Å². The summed E-state index contributed by atoms with van der Waals surface area (Å²) in [6.45, 7) is 0.992. The van der Waals surface area contributed by atoms with Gasteiger partial charge in [-0.3, -0.25) is 9.59 Å². The van der Waals surface area contributed by atoms with E-state index in [0.717, 1.165) is 23.4 Å². The number of nitrogens with one attached hydrogen (secondary N) is 2. The third-order valence-corrected chi connectivity index (χ3v) is 7.82. The zero-order chi connectivity index (χ0) is 29.7. The summed E-state index contributed by atoms with van der Waals surface area (Å²) in [5, 5.41) is 5.58. The summed E-state index contributed by atoms with van der Waals surface area (Å²) in [7, 11) is 0. The zero-order valence-electron chi connectivity index (χ0n) is 22.9. The van der Waals surface area contributed by atoms with E-state index >= 15 is 0 Å². The standard InChI is InChI=1S/C31H32F3N5O3/c32-31(33,34)25-11-7-10-24(18-25)20-35-27(40)21-38-22-39(26-12-5-2-6-13-26)30(28(38)41)14-16-37(17-15-30)29(42)36-19-23-8-3-1-4-9-23/h1-13,18H,14-17,19-22H2,(H,35,40)(H,36,42). The van der Waals surface area contributed by atoms with Crippen LogP contribution in [0.15, 0.2) is 84.9 Å². The van der Waals surface area contributed by atoms with E-state index in [1.165, 1.54) is 17.0 Å². The molecule has 2 saturated heterocycles. The van der Waals surface area contributed by atoms with Gasteiger partial charge in [-0.15, -0.1) is 0 Å². The average molecular weight is 580 g/mol. The fraction of sp³-hybridized carbons (Fsp3) is 0.323. The van der Waals surface area contributed by atoms with E-state index in [-0.39, 0.29) is 31.7 Å². The number of likely N-dealkylation sites (tertiary alicyclic amines) is 1. The molecule has 220 valence electrons. The first-order chi connectivity index (χ1) is 20.2. The van der Waals surface area contributed by atoms with Crippen LogP contribution in [0.3, 0.4) is 0 Å². The number of benzene rings is 3. The van der Waals surface area contributed by atoms with Gasteiger partial charge >= 0.3 is 12.2 Å². The monoisotopic (exact) mass is 579 g/mol. The fourth-order valence-electron chi connectivity index (χ4n) is 5.57. The maximum absolute atomic E-state index is 13.9. The molecule has 1 spiro atoms. The number of piperidine rings is 1. The molecule has 0 atom stereocenters. The van der Waals surface area contributed by atoms with Crippen LogP contribution in [0.5, 0.6) is 0 Å². The van der Waals surface area contributed by atoms with E-state index in [4.69, 9.17) is 0 Å². The molecule has 0 aliphatic carbocycles. The second kappa shape index (κ2) is 12.1. The molecule has 42 heavy (non-hydrogen) atoms. The molecule has 0 aromatic heterocycles. The highest BCUT2D eigenvalue weighted by atomic mass is 19.4. The third-order valence-electron chi connectivity index (χ3n) is 7.82. The van der Waals surface area contributed by atoms with Gasteiger partial charge in [0.2, 0.25) is 5.91 Å². The Labute approximate surface area is 242 Å². The highest BCUT2D eigenvalue weighted by Crippen LogP contribution is 2.39. The maximum Gasteiger partial charge on any atom is 0.416 e. The highest BCUT2D eigenvalue weighted by molar-refractivity contribution is 5.96. The van der Waals surface area contributed by atoms with E-state index in [1.54, 1.807) is 4.90 Å². The molecule has 4 amide bonds. The van der Waals surface area contributed by atoms with Crippen LogP contribution < -0.4 is 15.5 Å². The first kappa shape index (κ1) is 29.0. The van der Waals surface area contributed by atoms with Gasteiger partial charge in [-0.25, -0.2) is 4.79 Å². The van der Waals surface area contributed by atoms with Gasteiger partial charge in [0.1, 0.15) is 12.1 Å². The first-order valence-corrected chi connectivity index (χ1v) is 13.8. The lowest BCUT2D eigenvalue weighted by Crippen LogP contribution is -2.58. The van der Waals surface area contributed by atoms with Gasteiger partial charge in [0.15, 0.2) is 0 Å². The Morgan fingerprint density at radius 1 is 0.810 bits per heavy atom. The van der Waals surface area contributed by atoms with Gasteiger partial charge in [-0.1, -0.05) is 60.7 Å². The van der Waals surface area contributed by atoms with Crippen molar-refractivity contribution in [1.82, 2.24) is 20.4 Å². The number of halogens is 3. The number of alkyl halides is 3. The SMILES string of the molecule is O=C(CN1CN(c2ccccc2)C2(CCN(C(=O)NCc3ccccc3)CC2)C1=O)NCc1cccc(C(F)(F)F)c1. The summed E-state index contributed by atoms with van der Waals surface area (Å²) in [5.41, 5.74) is 0.428. The molecule has 2 aliphatic rings. The van der Waals surface area contributed by atoms with E-state index in [9.17, 15) is 27.6 Å². The van der Waals surface area contributed by atoms with Crippen LogP contribution in [0.2, 0.25) is 0 Å². The lowest BCUT2D eigenvalue weighted by Gasteiger charge is -2.43. The minimum atomic E-state index is -4.48. The number of urea groups is 1. The number of para-hydroxylation sites is 1. The Kier molecular flexibility index (Phi) is 8.37. The Morgan fingerprint density at radius 2 is 1.43 bits per heavy atom. The minimum Gasteiger partial charge on any atom is -0.350 e. The van der Waals surface area contributed by atoms with Crippen LogP contribution >= 0.6 is 0 Å². The molecule has 5 rings (SSSR count). The average Bonchev–Trinajstić information content (AvgIpc) is 3.26. The first-order valence-electron chi connectivity index (χ1n) is 13.8. The molecule has 2 heterocycles. The molecule has 2 N–H and O–H groups in total. The van der Waals surface area contributed by atoms with Crippen LogP contribution in [0, 0.1) is 0 Å². The molecular formula is C31H32F3N5O3. The lowest BCUT2D eigenvalue weighted by atomic mass is 9.85. The van der Waals surface area contributed by atoms with Crippen molar-refractivity contribution in [3.8, 4) is 0 Å². The predicted molar refractivity (Wildman–Crippen MR) is 151 cm³/mol. The predicted octanol–water partition coefficient (Wildman–Crippen LogP) is 4.37. The van der Waals surface area contributed by atoms with E-state index in [1.807, 2.05) is 65.6 Å². The summed E-state index contributed by atoms with van der Waals surface area (Å²) in [6, 6.07) is 23.6. The molecule has 0 radical (unpaired) electrons. The van der Waals surface area contributed by atoms with Crippen molar-refractivity contribution in [3.05, 3.63) is 102 Å². The smallest absolute Gasteiger partial charge is 0.350 e. The number of amides is 4. The normalized spacial score (nSPS) is 16.5. The van der Waals surface area contributed by atoms with Crippen LogP contribution in [-0.4, -0.2) is 59.5 Å². The van der Waals surface area contributed by atoms with E-state index < -0.39 is 23.2 Å². The molecular weight excluding hydrogens is 547 g/mol. The largest absolute Gasteiger partial charge is 0.416 e. The van der Waals surface area contributed by atoms with Crippen LogP contribution in [0.4, 0.5) is 23.7 Å². The summed E-state index contributed by atoms with van der Waals surface area (Å²) in [4.78, 5) is 44.8. The summed E-state index contributed by atoms with van der Waals surface area (Å²) < 4.78 is 39.1. The Morgan fingerprint density at radius 3 is 2.10 bits per heavy atom. The van der Waals surface area contributed by atoms with E-state index in [0.29, 0.717) is 38.0 Å². The Hall–Kier alpha value is -4.54. The van der Waals surface area contributed by atoms with Crippen molar-refractivity contribution in [2.75, 3.05) is 31.2 Å². The second-order valence-corrected chi connectivity index (χ2v) is 10.5. The van der Waals surface area contributed by atoms with Gasteiger partial charge in [0.05, 0.1) is 12.2 Å². The lowest BCUT2D eigenvalue weighted by molar-refractivity contribution is -0.138. The molecule has 2 fully saturated rings. The van der Waals surface area contributed by atoms with Gasteiger partial charge in [-0.2, -0.15) is 13.2 Å². The molecule has 0 bridgehead atoms. The van der Waals surface area contributed by atoms with Crippen molar-refractivity contribution in [3.63, 3.8) is 0 Å². The van der Waals surface area contributed by atoms with Crippen LogP contribution in [0.25, 0.3) is 0 Å². The Balaban J connectivity index is 1.23. The Bertz CT molecular complexity index is 1410. The number of hydrogen-bond acceptors (Lipinski definition) is 4. The number of anilines is 1. The molecule has 0 unspecified atom stereocenters. The number of carbonyl (C=O) groups is 3. The van der Waals surface area contributed by atoms with Crippen molar-refractivity contribution >= 4 is 23.5 Å². The molecule has 0 saturated carbocycles. The van der Waals surface area contributed by atoms with Gasteiger partial charge < -0.3 is 25.3 Å². The number of rotatable bonds is 7. The van der Waals surface area contributed by atoms with Crippen molar-refractivity contribution < 1.29 is 27.6 Å². The van der Waals surface area contributed by atoms with Crippen molar-refractivity contribution in [2.45, 2.75) is 37.6 Å². The highest BCUT2D eigenvalue weighted by Gasteiger charge is 2.54. The van der Waals surface area contributed by atoms with E-state index in [2.05, 4.69) is 10.6 Å². The van der Waals surface area contributed by atoms with Crippen molar-refractivity contribution in [1.29, 1.82) is 0 Å². The number of carbonyl (C=O) groups excluding carboxylic acids is 3. The quantitative estimate of drug-likeness (QED) is 0.436. The number of nitrogens with zero attached hydrogens (tertiary/aromatic N) is 3. The molecule has 11 heteroatoms. The van der Waals surface area contributed by atoms with Crippen LogP contribution in [0.1, 0.15) is 29.5 Å². The minimum absolute atomic E-state index is 0.0919. The third kappa shape index (κ3) is 6.35. The molecule has 3 aromatic carbocycles. The zero-order valence-corrected chi connectivity index (χ0v) is 22.9. The van der Waals surface area contributed by atoms with Gasteiger partial charge in [0, 0.05) is 31.9 Å². The second-order valence-electron chi connectivity index (χ2n) is 10.5. The number of hydrogen-bond donors (Lipinski definition) is 2. The molecule has 3 aromatic rings. The molecule has 2 aliphatic heterocycles. The van der Waals surface area contributed by atoms with Gasteiger partial charge in [-0.05, 0) is 48.2 Å². The molecule has 8 nitrogen and oxygen atoms in total.